The Hall–Kier alpha value is -0.0500. The molecule has 0 amide bonds. The number of rotatable bonds is 1. The smallest absolute Gasteiger partial charge is 0.0931 e. The molecule has 1 saturated heterocycles. The lowest BCUT2D eigenvalue weighted by Crippen LogP contribution is -2.34. The van der Waals surface area contributed by atoms with Gasteiger partial charge in [0.05, 0.1) is 4.34 Å². The Balaban J connectivity index is 2.33. The Bertz CT molecular complexity index is 310. The molecule has 1 aromatic heterocycles. The summed E-state index contributed by atoms with van der Waals surface area (Å²) >= 11 is 7.66. The fourth-order valence-electron chi connectivity index (χ4n) is 1.95. The van der Waals surface area contributed by atoms with Gasteiger partial charge < -0.3 is 5.32 Å². The number of hydrogen-bond donors (Lipinski definition) is 1. The van der Waals surface area contributed by atoms with Gasteiger partial charge in [0.2, 0.25) is 0 Å². The highest BCUT2D eigenvalue weighted by Gasteiger charge is 2.38. The van der Waals surface area contributed by atoms with Gasteiger partial charge in [-0.25, -0.2) is 0 Å². The van der Waals surface area contributed by atoms with Gasteiger partial charge in [0.25, 0.3) is 0 Å². The van der Waals surface area contributed by atoms with E-state index in [-0.39, 0.29) is 5.41 Å². The van der Waals surface area contributed by atoms with E-state index in [1.807, 2.05) is 6.07 Å². The first-order valence-corrected chi connectivity index (χ1v) is 5.81. The van der Waals surface area contributed by atoms with Crippen LogP contribution in [-0.4, -0.2) is 12.6 Å². The zero-order valence-corrected chi connectivity index (χ0v) is 9.50. The lowest BCUT2D eigenvalue weighted by Gasteiger charge is -2.27. The van der Waals surface area contributed by atoms with Gasteiger partial charge in [-0.15, -0.1) is 11.3 Å². The van der Waals surface area contributed by atoms with Gasteiger partial charge in [0, 0.05) is 16.3 Å². The summed E-state index contributed by atoms with van der Waals surface area (Å²) in [5.41, 5.74) is 0.289. The molecule has 72 valence electrons. The maximum atomic E-state index is 5.95. The van der Waals surface area contributed by atoms with Crippen LogP contribution in [0, 0.1) is 0 Å². The molecule has 0 spiro atoms. The maximum absolute atomic E-state index is 5.95. The summed E-state index contributed by atoms with van der Waals surface area (Å²) in [5.74, 6) is 0. The molecule has 1 aromatic rings. The Morgan fingerprint density at radius 1 is 1.62 bits per heavy atom. The van der Waals surface area contributed by atoms with Crippen LogP contribution in [0.4, 0.5) is 0 Å². The van der Waals surface area contributed by atoms with Crippen molar-refractivity contribution >= 4 is 22.9 Å². The Labute approximate surface area is 88.1 Å². The quantitative estimate of drug-likeness (QED) is 0.760. The van der Waals surface area contributed by atoms with Gasteiger partial charge in [-0.05, 0) is 32.0 Å². The summed E-state index contributed by atoms with van der Waals surface area (Å²) in [5, 5.41) is 3.48. The van der Waals surface area contributed by atoms with Crippen LogP contribution in [0.1, 0.15) is 25.1 Å². The van der Waals surface area contributed by atoms with E-state index < -0.39 is 0 Å². The number of nitrogens with one attached hydrogen (secondary N) is 1. The van der Waals surface area contributed by atoms with Crippen LogP contribution in [-0.2, 0) is 5.41 Å². The first-order chi connectivity index (χ1) is 6.13. The second-order valence-corrected chi connectivity index (χ2v) is 5.66. The van der Waals surface area contributed by atoms with Gasteiger partial charge >= 0.3 is 0 Å². The topological polar surface area (TPSA) is 12.0 Å². The molecular formula is C10H14ClNS. The maximum Gasteiger partial charge on any atom is 0.0931 e. The van der Waals surface area contributed by atoms with Gasteiger partial charge in [0.15, 0.2) is 0 Å². The predicted octanol–water partition coefficient (Wildman–Crippen LogP) is 3.04. The van der Waals surface area contributed by atoms with Gasteiger partial charge in [-0.3, -0.25) is 0 Å². The van der Waals surface area contributed by atoms with Crippen molar-refractivity contribution in [1.29, 1.82) is 0 Å². The first-order valence-electron chi connectivity index (χ1n) is 4.62. The van der Waals surface area contributed by atoms with E-state index in [4.69, 9.17) is 11.6 Å². The summed E-state index contributed by atoms with van der Waals surface area (Å²) < 4.78 is 0.898. The molecule has 1 N–H and O–H groups in total. The fourth-order valence-corrected chi connectivity index (χ4v) is 3.25. The predicted molar refractivity (Wildman–Crippen MR) is 58.8 cm³/mol. The van der Waals surface area contributed by atoms with Crippen molar-refractivity contribution in [2.24, 2.45) is 0 Å². The van der Waals surface area contributed by atoms with Crippen molar-refractivity contribution in [1.82, 2.24) is 5.32 Å². The highest BCUT2D eigenvalue weighted by atomic mass is 35.5. The summed E-state index contributed by atoms with van der Waals surface area (Å²) in [6.07, 6.45) is 1.21. The van der Waals surface area contributed by atoms with Crippen LogP contribution in [0.2, 0.25) is 4.34 Å². The van der Waals surface area contributed by atoms with E-state index in [0.29, 0.717) is 6.04 Å². The van der Waals surface area contributed by atoms with Crippen LogP contribution in [0.15, 0.2) is 12.1 Å². The molecule has 1 aliphatic rings. The molecule has 3 heteroatoms. The van der Waals surface area contributed by atoms with E-state index in [2.05, 4.69) is 25.2 Å². The number of hydrogen-bond acceptors (Lipinski definition) is 2. The SMILES string of the molecule is CC1NCCC1(C)c1ccc(Cl)s1. The lowest BCUT2D eigenvalue weighted by atomic mass is 9.82. The number of thiophene rings is 1. The van der Waals surface area contributed by atoms with Crippen molar-refractivity contribution in [3.63, 3.8) is 0 Å². The van der Waals surface area contributed by atoms with Crippen molar-refractivity contribution < 1.29 is 0 Å². The van der Waals surface area contributed by atoms with Crippen molar-refractivity contribution in [3.8, 4) is 0 Å². The molecule has 2 heterocycles. The van der Waals surface area contributed by atoms with Crippen LogP contribution >= 0.6 is 22.9 Å². The molecule has 0 aromatic carbocycles. The fraction of sp³-hybridized carbons (Fsp3) is 0.600. The summed E-state index contributed by atoms with van der Waals surface area (Å²) in [7, 11) is 0. The third-order valence-electron chi connectivity index (χ3n) is 3.19. The summed E-state index contributed by atoms with van der Waals surface area (Å²) in [6, 6.07) is 4.72. The molecular weight excluding hydrogens is 202 g/mol. The second-order valence-electron chi connectivity index (χ2n) is 3.95. The molecule has 0 bridgehead atoms. The average molecular weight is 216 g/mol. The molecule has 13 heavy (non-hydrogen) atoms. The van der Waals surface area contributed by atoms with E-state index in [0.717, 1.165) is 10.9 Å². The first kappa shape index (κ1) is 9.50. The molecule has 1 fully saturated rings. The molecule has 2 unspecified atom stereocenters. The molecule has 2 atom stereocenters. The van der Waals surface area contributed by atoms with E-state index in [1.54, 1.807) is 11.3 Å². The molecule has 0 radical (unpaired) electrons. The highest BCUT2D eigenvalue weighted by Crippen LogP contribution is 2.39. The van der Waals surface area contributed by atoms with E-state index in [9.17, 15) is 0 Å². The lowest BCUT2D eigenvalue weighted by molar-refractivity contribution is 0.435. The Morgan fingerprint density at radius 2 is 2.38 bits per heavy atom. The van der Waals surface area contributed by atoms with Crippen LogP contribution in [0.5, 0.6) is 0 Å². The van der Waals surface area contributed by atoms with Crippen LogP contribution in [0.3, 0.4) is 0 Å². The third kappa shape index (κ3) is 1.51. The van der Waals surface area contributed by atoms with Crippen molar-refractivity contribution in [3.05, 3.63) is 21.3 Å². The molecule has 2 rings (SSSR count). The molecule has 1 aliphatic heterocycles. The number of halogens is 1. The minimum Gasteiger partial charge on any atom is -0.313 e. The van der Waals surface area contributed by atoms with Crippen LogP contribution in [0.25, 0.3) is 0 Å². The van der Waals surface area contributed by atoms with E-state index >= 15 is 0 Å². The second kappa shape index (κ2) is 3.26. The van der Waals surface area contributed by atoms with Gasteiger partial charge in [0.1, 0.15) is 0 Å². The van der Waals surface area contributed by atoms with Crippen molar-refractivity contribution in [2.45, 2.75) is 31.7 Å². The molecule has 1 nitrogen and oxygen atoms in total. The molecule has 0 saturated carbocycles. The highest BCUT2D eigenvalue weighted by molar-refractivity contribution is 7.16. The third-order valence-corrected chi connectivity index (χ3v) is 4.70. The average Bonchev–Trinajstić information content (AvgIpc) is 2.62. The largest absolute Gasteiger partial charge is 0.313 e. The van der Waals surface area contributed by atoms with Gasteiger partial charge in [-0.1, -0.05) is 18.5 Å². The summed E-state index contributed by atoms with van der Waals surface area (Å²) in [4.78, 5) is 1.41. The van der Waals surface area contributed by atoms with E-state index in [1.165, 1.54) is 11.3 Å². The van der Waals surface area contributed by atoms with Gasteiger partial charge in [-0.2, -0.15) is 0 Å². The normalized spacial score (nSPS) is 33.9. The zero-order chi connectivity index (χ0) is 9.47. The molecule has 0 aliphatic carbocycles. The van der Waals surface area contributed by atoms with Crippen molar-refractivity contribution in [2.75, 3.05) is 6.54 Å². The monoisotopic (exact) mass is 215 g/mol. The minimum absolute atomic E-state index is 0.289. The standard InChI is InChI=1S/C10H14ClNS/c1-7-10(2,5-6-12-7)8-3-4-9(11)13-8/h3-4,7,12H,5-6H2,1-2H3. The zero-order valence-electron chi connectivity index (χ0n) is 7.93. The van der Waals surface area contributed by atoms with Crippen LogP contribution < -0.4 is 5.32 Å². The Morgan fingerprint density at radius 3 is 2.85 bits per heavy atom. The summed E-state index contributed by atoms with van der Waals surface area (Å²) in [6.45, 7) is 5.69. The minimum atomic E-state index is 0.289. The Kier molecular flexibility index (Phi) is 2.39.